The Morgan fingerprint density at radius 3 is 2.28 bits per heavy atom. The molecule has 2 amide bonds. The largest absolute Gasteiger partial charge is 0.274 e. The molecule has 0 bridgehead atoms. The van der Waals surface area contributed by atoms with Crippen LogP contribution in [-0.4, -0.2) is 32.3 Å². The first-order valence-corrected chi connectivity index (χ1v) is 12.0. The van der Waals surface area contributed by atoms with Gasteiger partial charge in [-0.2, -0.15) is 5.10 Å². The van der Waals surface area contributed by atoms with Gasteiger partial charge in [0.05, 0.1) is 17.9 Å². The van der Waals surface area contributed by atoms with E-state index in [1.807, 2.05) is 77.2 Å². The van der Waals surface area contributed by atoms with E-state index in [1.165, 1.54) is 4.90 Å². The number of hydrogen-bond donors (Lipinski definition) is 0. The second-order valence-corrected chi connectivity index (χ2v) is 9.14. The zero-order valence-electron chi connectivity index (χ0n) is 19.4. The van der Waals surface area contributed by atoms with Crippen molar-refractivity contribution >= 4 is 40.8 Å². The second-order valence-electron chi connectivity index (χ2n) is 8.70. The highest BCUT2D eigenvalue weighted by molar-refractivity contribution is 6.30. The molecule has 3 aromatic carbocycles. The van der Waals surface area contributed by atoms with Crippen LogP contribution in [0.15, 0.2) is 77.9 Å². The van der Waals surface area contributed by atoms with Gasteiger partial charge in [-0.05, 0) is 42.8 Å². The lowest BCUT2D eigenvalue weighted by molar-refractivity contribution is -0.121. The molecular weight excluding hydrogens is 476 g/mol. The van der Waals surface area contributed by atoms with Crippen LogP contribution in [0.2, 0.25) is 5.02 Å². The number of amides is 2. The Balaban J connectivity index is 1.43. The average molecular weight is 497 g/mol. The van der Waals surface area contributed by atoms with Crippen LogP contribution in [0.3, 0.4) is 0 Å². The van der Waals surface area contributed by atoms with E-state index in [1.54, 1.807) is 12.1 Å². The molecule has 2 aliphatic heterocycles. The third kappa shape index (κ3) is 3.76. The maximum absolute atomic E-state index is 12.1. The van der Waals surface area contributed by atoms with Crippen molar-refractivity contribution in [3.63, 3.8) is 0 Å². The van der Waals surface area contributed by atoms with Crippen LogP contribution in [0.4, 0.5) is 11.6 Å². The summed E-state index contributed by atoms with van der Waals surface area (Å²) >= 11 is 6.16. The maximum Gasteiger partial charge on any atom is 0.252 e. The molecule has 4 aromatic rings. The first kappa shape index (κ1) is 22.2. The Kier molecular flexibility index (Phi) is 5.38. The lowest BCUT2D eigenvalue weighted by Gasteiger charge is -2.19. The molecule has 0 spiro atoms. The van der Waals surface area contributed by atoms with Gasteiger partial charge in [0.15, 0.2) is 0 Å². The van der Waals surface area contributed by atoms with Crippen LogP contribution in [0.5, 0.6) is 0 Å². The molecule has 8 nitrogen and oxygen atoms in total. The Bertz CT molecular complexity index is 1510. The maximum atomic E-state index is 12.1. The summed E-state index contributed by atoms with van der Waals surface area (Å²) in [4.78, 5) is 25.5. The topological polar surface area (TPSA) is 83.7 Å². The van der Waals surface area contributed by atoms with Crippen molar-refractivity contribution in [1.82, 2.24) is 14.8 Å². The van der Waals surface area contributed by atoms with Crippen molar-refractivity contribution in [1.29, 1.82) is 0 Å². The molecule has 0 saturated carbocycles. The smallest absolute Gasteiger partial charge is 0.252 e. The first-order chi connectivity index (χ1) is 17.5. The third-order valence-corrected chi connectivity index (χ3v) is 6.61. The number of hydrazone groups is 1. The number of fused-ring (bicyclic) bond motifs is 3. The summed E-state index contributed by atoms with van der Waals surface area (Å²) in [6.07, 6.45) is 0.512. The summed E-state index contributed by atoms with van der Waals surface area (Å²) in [5, 5.41) is 16.3. The van der Waals surface area contributed by atoms with Crippen molar-refractivity contribution < 1.29 is 9.59 Å². The predicted octanol–water partition coefficient (Wildman–Crippen LogP) is 4.66. The predicted molar refractivity (Wildman–Crippen MR) is 138 cm³/mol. The van der Waals surface area contributed by atoms with E-state index in [0.717, 1.165) is 33.9 Å². The van der Waals surface area contributed by atoms with E-state index in [4.69, 9.17) is 16.7 Å². The van der Waals surface area contributed by atoms with E-state index in [9.17, 15) is 9.59 Å². The molecule has 0 atom stereocenters. The molecule has 3 heterocycles. The van der Waals surface area contributed by atoms with Gasteiger partial charge in [-0.3, -0.25) is 19.1 Å². The zero-order valence-corrected chi connectivity index (χ0v) is 20.2. The quantitative estimate of drug-likeness (QED) is 0.384. The minimum atomic E-state index is -0.168. The zero-order chi connectivity index (χ0) is 24.8. The number of anilines is 2. The van der Waals surface area contributed by atoms with E-state index >= 15 is 0 Å². The Morgan fingerprint density at radius 2 is 1.56 bits per heavy atom. The van der Waals surface area contributed by atoms with E-state index in [0.29, 0.717) is 23.2 Å². The minimum Gasteiger partial charge on any atom is -0.274 e. The average Bonchev–Trinajstić information content (AvgIpc) is 3.39. The van der Waals surface area contributed by atoms with Crippen LogP contribution in [0.25, 0.3) is 5.69 Å². The van der Waals surface area contributed by atoms with Gasteiger partial charge >= 0.3 is 0 Å². The van der Waals surface area contributed by atoms with Gasteiger partial charge < -0.3 is 0 Å². The van der Waals surface area contributed by atoms with Crippen molar-refractivity contribution in [2.45, 2.75) is 26.3 Å². The number of carbonyl (C=O) groups is 2. The highest BCUT2D eigenvalue weighted by atomic mass is 35.5. The first-order valence-electron chi connectivity index (χ1n) is 11.6. The molecule has 178 valence electrons. The molecule has 1 saturated heterocycles. The molecule has 0 N–H and O–H groups in total. The van der Waals surface area contributed by atoms with Gasteiger partial charge in [-0.15, -0.1) is 10.2 Å². The molecule has 0 unspecified atom stereocenters. The highest BCUT2D eigenvalue weighted by Crippen LogP contribution is 2.31. The van der Waals surface area contributed by atoms with Crippen LogP contribution in [0, 0.1) is 6.92 Å². The molecule has 2 aliphatic rings. The molecule has 6 rings (SSSR count). The van der Waals surface area contributed by atoms with E-state index < -0.39 is 0 Å². The molecule has 1 aromatic heterocycles. The fraction of sp³-hybridized carbons (Fsp3) is 0.148. The van der Waals surface area contributed by atoms with Crippen molar-refractivity contribution in [3.8, 4) is 5.69 Å². The molecule has 1 fully saturated rings. The van der Waals surface area contributed by atoms with Crippen LogP contribution < -0.4 is 9.91 Å². The van der Waals surface area contributed by atoms with E-state index in [2.05, 4.69) is 10.2 Å². The lowest BCUT2D eigenvalue weighted by Crippen LogP contribution is -2.28. The summed E-state index contributed by atoms with van der Waals surface area (Å²) in [6, 6.07) is 23.0. The number of benzene rings is 3. The van der Waals surface area contributed by atoms with Gasteiger partial charge in [-0.1, -0.05) is 54.1 Å². The number of hydrogen-bond acceptors (Lipinski definition) is 6. The summed E-state index contributed by atoms with van der Waals surface area (Å²) in [5.41, 5.74) is 5.13. The van der Waals surface area contributed by atoms with Crippen molar-refractivity contribution in [3.05, 3.63) is 100 Å². The fourth-order valence-electron chi connectivity index (χ4n) is 4.60. The molecule has 36 heavy (non-hydrogen) atoms. The van der Waals surface area contributed by atoms with Gasteiger partial charge in [0.25, 0.3) is 5.95 Å². The Hall–Kier alpha value is -4.30. The standard InChI is InChI=1S/C27H21ClN6O2/c1-17-29-30-27-32(16-18-6-12-21(13-7-18)34-24(35)14-15-25(34)36)31-26(19-8-10-20(28)11-9-19)22-4-2-3-5-23(22)33(17)27/h2-13H,14-16H2,1H3. The number of para-hydroxylation sites is 1. The molecule has 0 radical (unpaired) electrons. The van der Waals surface area contributed by atoms with Crippen LogP contribution in [-0.2, 0) is 16.1 Å². The van der Waals surface area contributed by atoms with Gasteiger partial charge in [-0.25, -0.2) is 5.01 Å². The summed E-state index contributed by atoms with van der Waals surface area (Å²) < 4.78 is 2.00. The van der Waals surface area contributed by atoms with Crippen molar-refractivity contribution in [2.24, 2.45) is 5.10 Å². The normalized spacial score (nSPS) is 15.0. The number of aryl methyl sites for hydroxylation is 1. The fourth-order valence-corrected chi connectivity index (χ4v) is 4.73. The number of nitrogens with zero attached hydrogens (tertiary/aromatic N) is 6. The van der Waals surface area contributed by atoms with Gasteiger partial charge in [0, 0.05) is 29.0 Å². The SMILES string of the molecule is Cc1nnc2n1-c1ccccc1C(c1ccc(Cl)cc1)=NN2Cc1ccc(N2C(=O)CCC2=O)cc1. The lowest BCUT2D eigenvalue weighted by atomic mass is 10.0. The number of halogens is 1. The van der Waals surface area contributed by atoms with Gasteiger partial charge in [0.2, 0.25) is 11.8 Å². The van der Waals surface area contributed by atoms with Crippen LogP contribution >= 0.6 is 11.6 Å². The molecule has 9 heteroatoms. The Morgan fingerprint density at radius 1 is 0.861 bits per heavy atom. The highest BCUT2D eigenvalue weighted by Gasteiger charge is 2.30. The third-order valence-electron chi connectivity index (χ3n) is 6.36. The minimum absolute atomic E-state index is 0.168. The van der Waals surface area contributed by atoms with Crippen LogP contribution in [0.1, 0.15) is 35.4 Å². The monoisotopic (exact) mass is 496 g/mol. The number of carbonyl (C=O) groups excluding carboxylic acids is 2. The Labute approximate surface area is 212 Å². The summed E-state index contributed by atoms with van der Waals surface area (Å²) in [6.45, 7) is 2.32. The summed E-state index contributed by atoms with van der Waals surface area (Å²) in [7, 11) is 0. The molecule has 0 aliphatic carbocycles. The number of aromatic nitrogens is 3. The number of imide groups is 1. The summed E-state index contributed by atoms with van der Waals surface area (Å²) in [5.74, 6) is 1.01. The van der Waals surface area contributed by atoms with E-state index in [-0.39, 0.29) is 24.7 Å². The van der Waals surface area contributed by atoms with Crippen molar-refractivity contribution in [2.75, 3.05) is 9.91 Å². The van der Waals surface area contributed by atoms with Gasteiger partial charge in [0.1, 0.15) is 11.5 Å². The second kappa shape index (κ2) is 8.73. The molecular formula is C27H21ClN6O2. The number of rotatable bonds is 4.